The van der Waals surface area contributed by atoms with E-state index in [-0.39, 0.29) is 11.8 Å². The molecule has 0 bridgehead atoms. The van der Waals surface area contributed by atoms with Crippen LogP contribution in [-0.2, 0) is 16.1 Å². The molecule has 6 heteroatoms. The molecule has 2 amide bonds. The number of rotatable bonds is 7. The van der Waals surface area contributed by atoms with E-state index in [1.165, 1.54) is 7.11 Å². The second-order valence-corrected chi connectivity index (χ2v) is 6.77. The van der Waals surface area contributed by atoms with Gasteiger partial charge in [0.2, 0.25) is 11.8 Å². The highest BCUT2D eigenvalue weighted by atomic mass is 16.5. The van der Waals surface area contributed by atoms with Crippen LogP contribution >= 0.6 is 0 Å². The number of hydrogen-bond donors (Lipinski definition) is 2. The molecule has 6 nitrogen and oxygen atoms in total. The Hall–Kier alpha value is -3.02. The number of benzene rings is 2. The van der Waals surface area contributed by atoms with Crippen molar-refractivity contribution in [3.8, 4) is 11.5 Å². The van der Waals surface area contributed by atoms with Crippen molar-refractivity contribution in [3.05, 3.63) is 53.6 Å². The quantitative estimate of drug-likeness (QED) is 0.737. The fourth-order valence-corrected chi connectivity index (χ4v) is 2.89. The molecule has 0 aliphatic heterocycles. The second kappa shape index (κ2) is 7.70. The minimum absolute atomic E-state index is 0.248. The first kappa shape index (κ1) is 18.8. The zero-order valence-corrected chi connectivity index (χ0v) is 15.8. The van der Waals surface area contributed by atoms with E-state index in [1.54, 1.807) is 25.3 Å². The standard InChI is InChI=1S/C21H24N2O4/c1-14-4-6-15(7-5-14)13-22-19(24)21(10-11-21)20(25)23-17-12-16(26-2)8-9-18(17)27-3/h4-9,12H,10-11,13H2,1-3H3,(H,22,24)(H,23,25). The number of anilines is 1. The van der Waals surface area contributed by atoms with Crippen molar-refractivity contribution >= 4 is 17.5 Å². The van der Waals surface area contributed by atoms with Gasteiger partial charge in [-0.3, -0.25) is 9.59 Å². The number of carbonyl (C=O) groups excluding carboxylic acids is 2. The summed E-state index contributed by atoms with van der Waals surface area (Å²) in [6, 6.07) is 13.1. The normalized spacial score (nSPS) is 14.2. The van der Waals surface area contributed by atoms with E-state index in [9.17, 15) is 9.59 Å². The monoisotopic (exact) mass is 368 g/mol. The minimum Gasteiger partial charge on any atom is -0.497 e. The molecule has 0 unspecified atom stereocenters. The number of nitrogens with one attached hydrogen (secondary N) is 2. The van der Waals surface area contributed by atoms with Crippen molar-refractivity contribution < 1.29 is 19.1 Å². The van der Waals surface area contributed by atoms with Crippen LogP contribution in [0.3, 0.4) is 0 Å². The van der Waals surface area contributed by atoms with Crippen LogP contribution in [0.2, 0.25) is 0 Å². The van der Waals surface area contributed by atoms with Crippen LogP contribution < -0.4 is 20.1 Å². The molecule has 3 rings (SSSR count). The summed E-state index contributed by atoms with van der Waals surface area (Å²) < 4.78 is 10.5. The van der Waals surface area contributed by atoms with Crippen LogP contribution in [-0.4, -0.2) is 26.0 Å². The number of methoxy groups -OCH3 is 2. The first-order valence-corrected chi connectivity index (χ1v) is 8.86. The van der Waals surface area contributed by atoms with Gasteiger partial charge in [0.25, 0.3) is 0 Å². The van der Waals surface area contributed by atoms with E-state index < -0.39 is 5.41 Å². The molecule has 2 aromatic rings. The predicted molar refractivity (Wildman–Crippen MR) is 103 cm³/mol. The summed E-state index contributed by atoms with van der Waals surface area (Å²) in [5.41, 5.74) is 1.63. The number of amides is 2. The number of carbonyl (C=O) groups is 2. The molecule has 0 heterocycles. The molecule has 1 aliphatic rings. The minimum atomic E-state index is -1.02. The summed E-state index contributed by atoms with van der Waals surface area (Å²) >= 11 is 0. The lowest BCUT2D eigenvalue weighted by Gasteiger charge is -2.17. The average Bonchev–Trinajstić information content (AvgIpc) is 3.49. The summed E-state index contributed by atoms with van der Waals surface area (Å²) in [4.78, 5) is 25.4. The maximum Gasteiger partial charge on any atom is 0.240 e. The van der Waals surface area contributed by atoms with Gasteiger partial charge in [0.05, 0.1) is 19.9 Å². The molecule has 27 heavy (non-hydrogen) atoms. The SMILES string of the molecule is COc1ccc(OC)c(NC(=O)C2(C(=O)NCc3ccc(C)cc3)CC2)c1. The summed E-state index contributed by atoms with van der Waals surface area (Å²) in [7, 11) is 3.08. The Labute approximate surface area is 158 Å². The van der Waals surface area contributed by atoms with Crippen LogP contribution in [0, 0.1) is 12.3 Å². The topological polar surface area (TPSA) is 76.7 Å². The molecule has 0 saturated heterocycles. The third-order valence-corrected chi connectivity index (χ3v) is 4.85. The number of ether oxygens (including phenoxy) is 2. The van der Waals surface area contributed by atoms with Gasteiger partial charge in [-0.25, -0.2) is 0 Å². The molecule has 0 spiro atoms. The molecular weight excluding hydrogens is 344 g/mol. The van der Waals surface area contributed by atoms with Gasteiger partial charge in [-0.1, -0.05) is 29.8 Å². The van der Waals surface area contributed by atoms with Gasteiger partial charge in [-0.05, 0) is 37.5 Å². The van der Waals surface area contributed by atoms with Crippen molar-refractivity contribution in [2.24, 2.45) is 5.41 Å². The molecule has 2 aromatic carbocycles. The summed E-state index contributed by atoms with van der Waals surface area (Å²) in [5.74, 6) is 0.540. The van der Waals surface area contributed by atoms with Gasteiger partial charge in [-0.2, -0.15) is 0 Å². The van der Waals surface area contributed by atoms with E-state index in [0.717, 1.165) is 11.1 Å². The molecular formula is C21H24N2O4. The van der Waals surface area contributed by atoms with Crippen LogP contribution in [0.15, 0.2) is 42.5 Å². The van der Waals surface area contributed by atoms with Gasteiger partial charge in [0.15, 0.2) is 0 Å². The first-order valence-electron chi connectivity index (χ1n) is 8.86. The van der Waals surface area contributed by atoms with E-state index in [1.807, 2.05) is 31.2 Å². The highest BCUT2D eigenvalue weighted by Crippen LogP contribution is 2.47. The van der Waals surface area contributed by atoms with Crippen LogP contribution in [0.25, 0.3) is 0 Å². The lowest BCUT2D eigenvalue weighted by molar-refractivity contribution is -0.134. The molecule has 0 radical (unpaired) electrons. The maximum absolute atomic E-state index is 12.8. The van der Waals surface area contributed by atoms with Crippen molar-refractivity contribution in [1.29, 1.82) is 0 Å². The summed E-state index contributed by atoms with van der Waals surface area (Å²) in [6.45, 7) is 2.41. The van der Waals surface area contributed by atoms with Crippen LogP contribution in [0.1, 0.15) is 24.0 Å². The van der Waals surface area contributed by atoms with Crippen molar-refractivity contribution in [1.82, 2.24) is 5.32 Å². The van der Waals surface area contributed by atoms with Crippen LogP contribution in [0.4, 0.5) is 5.69 Å². The third kappa shape index (κ3) is 4.05. The predicted octanol–water partition coefficient (Wildman–Crippen LogP) is 3.05. The van der Waals surface area contributed by atoms with Gasteiger partial charge in [0.1, 0.15) is 16.9 Å². The lowest BCUT2D eigenvalue weighted by atomic mass is 10.0. The Bertz CT molecular complexity index is 842. The molecule has 2 N–H and O–H groups in total. The van der Waals surface area contributed by atoms with E-state index in [0.29, 0.717) is 36.6 Å². The average molecular weight is 368 g/mol. The van der Waals surface area contributed by atoms with Crippen molar-refractivity contribution in [3.63, 3.8) is 0 Å². The molecule has 0 atom stereocenters. The summed E-state index contributed by atoms with van der Waals surface area (Å²) in [6.07, 6.45) is 1.07. The fourth-order valence-electron chi connectivity index (χ4n) is 2.89. The molecule has 1 aliphatic carbocycles. The Morgan fingerprint density at radius 2 is 1.70 bits per heavy atom. The van der Waals surface area contributed by atoms with E-state index in [4.69, 9.17) is 9.47 Å². The summed E-state index contributed by atoms with van der Waals surface area (Å²) in [5, 5.41) is 5.70. The van der Waals surface area contributed by atoms with E-state index in [2.05, 4.69) is 10.6 Å². The number of hydrogen-bond acceptors (Lipinski definition) is 4. The van der Waals surface area contributed by atoms with Gasteiger partial charge in [-0.15, -0.1) is 0 Å². The van der Waals surface area contributed by atoms with Crippen molar-refractivity contribution in [2.75, 3.05) is 19.5 Å². The Balaban J connectivity index is 1.67. The Morgan fingerprint density at radius 1 is 1.00 bits per heavy atom. The van der Waals surface area contributed by atoms with E-state index >= 15 is 0 Å². The molecule has 0 aromatic heterocycles. The Kier molecular flexibility index (Phi) is 5.35. The first-order chi connectivity index (χ1) is 13.0. The van der Waals surface area contributed by atoms with Gasteiger partial charge >= 0.3 is 0 Å². The van der Waals surface area contributed by atoms with Gasteiger partial charge < -0.3 is 20.1 Å². The highest BCUT2D eigenvalue weighted by molar-refractivity contribution is 6.13. The smallest absolute Gasteiger partial charge is 0.240 e. The Morgan fingerprint density at radius 3 is 2.30 bits per heavy atom. The highest BCUT2D eigenvalue weighted by Gasteiger charge is 2.56. The molecule has 142 valence electrons. The van der Waals surface area contributed by atoms with Crippen molar-refractivity contribution in [2.45, 2.75) is 26.3 Å². The second-order valence-electron chi connectivity index (χ2n) is 6.77. The van der Waals surface area contributed by atoms with Crippen LogP contribution in [0.5, 0.6) is 11.5 Å². The third-order valence-electron chi connectivity index (χ3n) is 4.85. The maximum atomic E-state index is 12.8. The molecule has 1 fully saturated rings. The largest absolute Gasteiger partial charge is 0.497 e. The number of aryl methyl sites for hydroxylation is 1. The fraction of sp³-hybridized carbons (Fsp3) is 0.333. The van der Waals surface area contributed by atoms with Gasteiger partial charge in [0, 0.05) is 12.6 Å². The zero-order chi connectivity index (χ0) is 19.4. The molecule has 1 saturated carbocycles. The lowest BCUT2D eigenvalue weighted by Crippen LogP contribution is -2.39. The zero-order valence-electron chi connectivity index (χ0n) is 15.8.